The fourth-order valence-corrected chi connectivity index (χ4v) is 3.19. The fourth-order valence-electron chi connectivity index (χ4n) is 3.19. The summed E-state index contributed by atoms with van der Waals surface area (Å²) in [5, 5.41) is 10.7. The second kappa shape index (κ2) is 6.84. The maximum Gasteiger partial charge on any atom is 0.129 e. The number of piperidine rings is 1. The molecular formula is C17H25F2NO. The number of benzene rings is 1. The number of hydrogen-bond acceptors (Lipinski definition) is 2. The quantitative estimate of drug-likeness (QED) is 0.899. The van der Waals surface area contributed by atoms with Crippen LogP contribution < -0.4 is 0 Å². The topological polar surface area (TPSA) is 23.5 Å². The summed E-state index contributed by atoms with van der Waals surface area (Å²) in [6, 6.07) is 3.56. The largest absolute Gasteiger partial charge is 0.391 e. The summed E-state index contributed by atoms with van der Waals surface area (Å²) in [6.45, 7) is 6.06. The summed E-state index contributed by atoms with van der Waals surface area (Å²) in [6.07, 6.45) is 3.88. The van der Waals surface area contributed by atoms with Crippen LogP contribution >= 0.6 is 0 Å². The van der Waals surface area contributed by atoms with Gasteiger partial charge < -0.3 is 5.11 Å². The molecule has 4 heteroatoms. The summed E-state index contributed by atoms with van der Waals surface area (Å²) in [4.78, 5) is 2.32. The second-order valence-corrected chi connectivity index (χ2v) is 6.21. The molecule has 1 N–H and O–H groups in total. The van der Waals surface area contributed by atoms with E-state index in [4.69, 9.17) is 0 Å². The molecule has 1 aliphatic rings. The highest BCUT2D eigenvalue weighted by Crippen LogP contribution is 2.29. The monoisotopic (exact) mass is 297 g/mol. The number of hydrogen-bond donors (Lipinski definition) is 1. The molecule has 0 bridgehead atoms. The van der Waals surface area contributed by atoms with Crippen LogP contribution in [0.4, 0.5) is 8.78 Å². The third kappa shape index (κ3) is 3.61. The van der Waals surface area contributed by atoms with Crippen molar-refractivity contribution in [3.63, 3.8) is 0 Å². The number of rotatable bonds is 5. The summed E-state index contributed by atoms with van der Waals surface area (Å²) in [5.41, 5.74) is 0.0157. The zero-order valence-corrected chi connectivity index (χ0v) is 12.9. The van der Waals surface area contributed by atoms with E-state index in [0.717, 1.165) is 38.4 Å². The molecule has 1 aliphatic heterocycles. The van der Waals surface area contributed by atoms with Crippen molar-refractivity contribution in [1.82, 2.24) is 4.90 Å². The molecule has 2 rings (SSSR count). The fraction of sp³-hybridized carbons (Fsp3) is 0.647. The van der Waals surface area contributed by atoms with Crippen LogP contribution in [0.25, 0.3) is 0 Å². The van der Waals surface area contributed by atoms with E-state index < -0.39 is 17.7 Å². The molecule has 0 aliphatic carbocycles. The lowest BCUT2D eigenvalue weighted by molar-refractivity contribution is -0.0331. The Labute approximate surface area is 125 Å². The van der Waals surface area contributed by atoms with E-state index in [0.29, 0.717) is 5.56 Å². The first-order valence-corrected chi connectivity index (χ1v) is 7.84. The van der Waals surface area contributed by atoms with Crippen molar-refractivity contribution in [3.05, 3.63) is 35.4 Å². The Morgan fingerprint density at radius 2 is 1.90 bits per heavy atom. The van der Waals surface area contributed by atoms with Gasteiger partial charge in [0.2, 0.25) is 0 Å². The van der Waals surface area contributed by atoms with Gasteiger partial charge in [-0.25, -0.2) is 8.78 Å². The Bertz CT molecular complexity index is 474. The normalized spacial score (nSPS) is 21.0. The van der Waals surface area contributed by atoms with Crippen molar-refractivity contribution in [2.75, 3.05) is 13.1 Å². The zero-order chi connectivity index (χ0) is 15.5. The molecule has 1 aromatic rings. The maximum absolute atomic E-state index is 13.8. The molecule has 1 aromatic carbocycles. The molecule has 1 fully saturated rings. The van der Waals surface area contributed by atoms with Gasteiger partial charge in [0.25, 0.3) is 0 Å². The Kier molecular flexibility index (Phi) is 5.33. The Morgan fingerprint density at radius 1 is 1.24 bits per heavy atom. The SMILES string of the molecule is CCC(C)(C(O)Cc1ccc(F)cc1F)N1CCCCC1. The molecular weight excluding hydrogens is 272 g/mol. The molecule has 0 amide bonds. The van der Waals surface area contributed by atoms with Crippen LogP contribution in [0.3, 0.4) is 0 Å². The first-order valence-electron chi connectivity index (χ1n) is 7.84. The Hall–Kier alpha value is -1.00. The number of halogens is 2. The van der Waals surface area contributed by atoms with Gasteiger partial charge in [0.15, 0.2) is 0 Å². The molecule has 21 heavy (non-hydrogen) atoms. The summed E-state index contributed by atoms with van der Waals surface area (Å²) < 4.78 is 26.7. The summed E-state index contributed by atoms with van der Waals surface area (Å²) in [7, 11) is 0. The van der Waals surface area contributed by atoms with E-state index in [2.05, 4.69) is 11.8 Å². The molecule has 0 radical (unpaired) electrons. The number of aliphatic hydroxyl groups excluding tert-OH is 1. The third-order valence-electron chi connectivity index (χ3n) is 4.94. The van der Waals surface area contributed by atoms with Crippen molar-refractivity contribution in [2.24, 2.45) is 0 Å². The minimum atomic E-state index is -0.666. The number of aliphatic hydroxyl groups is 1. The van der Waals surface area contributed by atoms with Crippen molar-refractivity contribution in [1.29, 1.82) is 0 Å². The lowest BCUT2D eigenvalue weighted by atomic mass is 9.84. The van der Waals surface area contributed by atoms with Gasteiger partial charge in [-0.3, -0.25) is 4.90 Å². The van der Waals surface area contributed by atoms with Crippen LogP contribution in [0.2, 0.25) is 0 Å². The predicted molar refractivity (Wildman–Crippen MR) is 80.2 cm³/mol. The Morgan fingerprint density at radius 3 is 2.48 bits per heavy atom. The predicted octanol–water partition coefficient (Wildman–Crippen LogP) is 3.52. The molecule has 0 spiro atoms. The van der Waals surface area contributed by atoms with Crippen LogP contribution in [0.15, 0.2) is 18.2 Å². The van der Waals surface area contributed by atoms with Crippen LogP contribution in [0, 0.1) is 11.6 Å². The van der Waals surface area contributed by atoms with Gasteiger partial charge in [0.1, 0.15) is 11.6 Å². The van der Waals surface area contributed by atoms with Gasteiger partial charge >= 0.3 is 0 Å². The van der Waals surface area contributed by atoms with Crippen LogP contribution in [0.1, 0.15) is 45.1 Å². The number of nitrogens with zero attached hydrogens (tertiary/aromatic N) is 1. The zero-order valence-electron chi connectivity index (χ0n) is 12.9. The molecule has 0 aromatic heterocycles. The highest BCUT2D eigenvalue weighted by molar-refractivity contribution is 5.20. The van der Waals surface area contributed by atoms with E-state index in [1.807, 2.05) is 6.92 Å². The molecule has 1 heterocycles. The van der Waals surface area contributed by atoms with Crippen molar-refractivity contribution >= 4 is 0 Å². The first kappa shape index (κ1) is 16.4. The molecule has 2 unspecified atom stereocenters. The third-order valence-corrected chi connectivity index (χ3v) is 4.94. The average Bonchev–Trinajstić information content (AvgIpc) is 2.50. The molecule has 118 valence electrons. The highest BCUT2D eigenvalue weighted by Gasteiger charge is 2.38. The molecule has 2 nitrogen and oxygen atoms in total. The lowest BCUT2D eigenvalue weighted by Crippen LogP contribution is -2.56. The summed E-state index contributed by atoms with van der Waals surface area (Å²) in [5.74, 6) is -1.16. The number of likely N-dealkylation sites (tertiary alicyclic amines) is 1. The molecule has 1 saturated heterocycles. The highest BCUT2D eigenvalue weighted by atomic mass is 19.1. The van der Waals surface area contributed by atoms with Gasteiger partial charge in [-0.2, -0.15) is 0 Å². The first-order chi connectivity index (χ1) is 9.97. The van der Waals surface area contributed by atoms with Gasteiger partial charge in [0, 0.05) is 18.0 Å². The van der Waals surface area contributed by atoms with Gasteiger partial charge in [0.05, 0.1) is 6.10 Å². The minimum Gasteiger partial charge on any atom is -0.391 e. The maximum atomic E-state index is 13.8. The lowest BCUT2D eigenvalue weighted by Gasteiger charge is -2.46. The van der Waals surface area contributed by atoms with Crippen molar-refractivity contribution in [3.8, 4) is 0 Å². The van der Waals surface area contributed by atoms with Crippen LogP contribution in [-0.2, 0) is 6.42 Å². The standard InChI is InChI=1S/C17H25F2NO/c1-3-17(2,20-9-5-4-6-10-20)16(21)11-13-7-8-14(18)12-15(13)19/h7-8,12,16,21H,3-6,9-11H2,1-2H3. The van der Waals surface area contributed by atoms with E-state index in [9.17, 15) is 13.9 Å². The van der Waals surface area contributed by atoms with E-state index in [1.165, 1.54) is 18.6 Å². The second-order valence-electron chi connectivity index (χ2n) is 6.21. The minimum absolute atomic E-state index is 0.215. The Balaban J connectivity index is 2.13. The van der Waals surface area contributed by atoms with Crippen molar-refractivity contribution < 1.29 is 13.9 Å². The van der Waals surface area contributed by atoms with E-state index in [1.54, 1.807) is 0 Å². The van der Waals surface area contributed by atoms with Gasteiger partial charge in [-0.15, -0.1) is 0 Å². The van der Waals surface area contributed by atoms with Crippen molar-refractivity contribution in [2.45, 2.75) is 57.6 Å². The average molecular weight is 297 g/mol. The van der Waals surface area contributed by atoms with Crippen LogP contribution in [-0.4, -0.2) is 34.7 Å². The van der Waals surface area contributed by atoms with Gasteiger partial charge in [-0.05, 0) is 50.9 Å². The van der Waals surface area contributed by atoms with E-state index in [-0.39, 0.29) is 12.0 Å². The van der Waals surface area contributed by atoms with E-state index >= 15 is 0 Å². The van der Waals surface area contributed by atoms with Crippen LogP contribution in [0.5, 0.6) is 0 Å². The molecule has 2 atom stereocenters. The smallest absolute Gasteiger partial charge is 0.129 e. The summed E-state index contributed by atoms with van der Waals surface area (Å²) >= 11 is 0. The molecule has 0 saturated carbocycles. The van der Waals surface area contributed by atoms with Gasteiger partial charge in [-0.1, -0.05) is 19.4 Å².